The summed E-state index contributed by atoms with van der Waals surface area (Å²) in [5.74, 6) is -0.126. The molecule has 0 atom stereocenters. The first-order valence-electron chi connectivity index (χ1n) is 5.44. The summed E-state index contributed by atoms with van der Waals surface area (Å²) in [5.41, 5.74) is 0.621. The number of nitrogens with zero attached hydrogens (tertiary/aromatic N) is 2. The van der Waals surface area contributed by atoms with Crippen molar-refractivity contribution >= 4 is 32.3 Å². The molecule has 100 valence electrons. The first-order chi connectivity index (χ1) is 8.43. The van der Waals surface area contributed by atoms with Crippen LogP contribution >= 0.6 is 11.3 Å². The van der Waals surface area contributed by atoms with E-state index in [0.29, 0.717) is 28.8 Å². The molecule has 0 spiro atoms. The van der Waals surface area contributed by atoms with Crippen molar-refractivity contribution in [2.45, 2.75) is 6.92 Å². The average molecular weight is 290 g/mol. The zero-order chi connectivity index (χ0) is 13.3. The summed E-state index contributed by atoms with van der Waals surface area (Å²) in [7, 11) is -1.58. The number of carbonyl (C=O) groups is 1. The van der Waals surface area contributed by atoms with Gasteiger partial charge < -0.3 is 9.64 Å². The van der Waals surface area contributed by atoms with Gasteiger partial charge >= 0.3 is 5.97 Å². The van der Waals surface area contributed by atoms with E-state index in [-0.39, 0.29) is 11.5 Å². The Bertz CT molecular complexity index is 550. The quantitative estimate of drug-likeness (QED) is 0.737. The largest absolute Gasteiger partial charge is 0.465 e. The molecule has 1 aliphatic rings. The summed E-state index contributed by atoms with van der Waals surface area (Å²) in [6, 6.07) is 0. The molecule has 0 aliphatic carbocycles. The zero-order valence-corrected chi connectivity index (χ0v) is 11.8. The van der Waals surface area contributed by atoms with Gasteiger partial charge in [0, 0.05) is 13.1 Å². The minimum absolute atomic E-state index is 0.138. The molecule has 1 aromatic heterocycles. The molecule has 0 radical (unpaired) electrons. The van der Waals surface area contributed by atoms with Gasteiger partial charge in [0.15, 0.2) is 15.0 Å². The maximum absolute atomic E-state index is 11.5. The van der Waals surface area contributed by atoms with Gasteiger partial charge in [0.05, 0.1) is 24.3 Å². The second kappa shape index (κ2) is 4.85. The fraction of sp³-hybridized carbons (Fsp3) is 0.600. The van der Waals surface area contributed by atoms with Gasteiger partial charge in [-0.05, 0) is 6.92 Å². The van der Waals surface area contributed by atoms with Crippen LogP contribution in [0, 0.1) is 6.92 Å². The van der Waals surface area contributed by atoms with E-state index in [9.17, 15) is 13.2 Å². The highest BCUT2D eigenvalue weighted by molar-refractivity contribution is 7.91. The lowest BCUT2D eigenvalue weighted by Crippen LogP contribution is -2.40. The predicted octanol–water partition coefficient (Wildman–Crippen LogP) is 0.473. The molecule has 1 saturated heterocycles. The Balaban J connectivity index is 2.18. The molecule has 6 nitrogen and oxygen atoms in total. The summed E-state index contributed by atoms with van der Waals surface area (Å²) in [6.07, 6.45) is 0. The lowest BCUT2D eigenvalue weighted by Gasteiger charge is -2.25. The number of carbonyl (C=O) groups excluding carboxylic acids is 1. The number of hydrogen-bond acceptors (Lipinski definition) is 7. The molecule has 0 amide bonds. The van der Waals surface area contributed by atoms with Crippen LogP contribution in [0.15, 0.2) is 0 Å². The monoisotopic (exact) mass is 290 g/mol. The lowest BCUT2D eigenvalue weighted by molar-refractivity contribution is 0.0605. The van der Waals surface area contributed by atoms with Gasteiger partial charge in [0.25, 0.3) is 0 Å². The molecular formula is C10H14N2O4S2. The molecule has 8 heteroatoms. The van der Waals surface area contributed by atoms with E-state index < -0.39 is 15.8 Å². The van der Waals surface area contributed by atoms with Crippen LogP contribution in [0.4, 0.5) is 5.13 Å². The third-order valence-electron chi connectivity index (χ3n) is 2.77. The Morgan fingerprint density at radius 2 is 2.00 bits per heavy atom. The van der Waals surface area contributed by atoms with E-state index >= 15 is 0 Å². The van der Waals surface area contributed by atoms with Crippen LogP contribution in [0.1, 0.15) is 15.4 Å². The van der Waals surface area contributed by atoms with Gasteiger partial charge in [-0.2, -0.15) is 0 Å². The smallest absolute Gasteiger partial charge is 0.350 e. The minimum atomic E-state index is -2.90. The van der Waals surface area contributed by atoms with Gasteiger partial charge in [0.1, 0.15) is 4.88 Å². The maximum atomic E-state index is 11.5. The first kappa shape index (κ1) is 13.3. The number of hydrogen-bond donors (Lipinski definition) is 0. The number of aryl methyl sites for hydroxylation is 1. The van der Waals surface area contributed by atoms with Crippen LogP contribution in [0.25, 0.3) is 0 Å². The highest BCUT2D eigenvalue weighted by atomic mass is 32.2. The van der Waals surface area contributed by atoms with Crippen LogP contribution in [0.5, 0.6) is 0 Å². The van der Waals surface area contributed by atoms with E-state index in [1.807, 2.05) is 4.90 Å². The third kappa shape index (κ3) is 2.64. The lowest BCUT2D eigenvalue weighted by atomic mass is 10.4. The topological polar surface area (TPSA) is 76.6 Å². The SMILES string of the molecule is COC(=O)c1sc(N2CCS(=O)(=O)CC2)nc1C. The highest BCUT2D eigenvalue weighted by Crippen LogP contribution is 2.27. The molecule has 0 N–H and O–H groups in total. The number of thiazole rings is 1. The van der Waals surface area contributed by atoms with E-state index in [1.165, 1.54) is 18.4 Å². The van der Waals surface area contributed by atoms with Gasteiger partial charge in [-0.25, -0.2) is 18.2 Å². The second-order valence-corrected chi connectivity index (χ2v) is 7.32. The van der Waals surface area contributed by atoms with E-state index in [0.717, 1.165) is 0 Å². The minimum Gasteiger partial charge on any atom is -0.465 e. The van der Waals surface area contributed by atoms with Gasteiger partial charge in [-0.3, -0.25) is 0 Å². The molecule has 18 heavy (non-hydrogen) atoms. The van der Waals surface area contributed by atoms with Crippen LogP contribution in [-0.2, 0) is 14.6 Å². The maximum Gasteiger partial charge on any atom is 0.350 e. The summed E-state index contributed by atoms with van der Waals surface area (Å²) in [6.45, 7) is 2.60. The number of aromatic nitrogens is 1. The van der Waals surface area contributed by atoms with Crippen molar-refractivity contribution in [2.75, 3.05) is 36.6 Å². The van der Waals surface area contributed by atoms with E-state index in [2.05, 4.69) is 9.72 Å². The van der Waals surface area contributed by atoms with Crippen molar-refractivity contribution in [3.63, 3.8) is 0 Å². The Hall–Kier alpha value is -1.15. The summed E-state index contributed by atoms with van der Waals surface area (Å²) in [4.78, 5) is 18.1. The van der Waals surface area contributed by atoms with Crippen molar-refractivity contribution in [3.8, 4) is 0 Å². The van der Waals surface area contributed by atoms with Crippen LogP contribution in [0.2, 0.25) is 0 Å². The number of ether oxygens (including phenoxy) is 1. The fourth-order valence-electron chi connectivity index (χ4n) is 1.70. The zero-order valence-electron chi connectivity index (χ0n) is 10.2. The highest BCUT2D eigenvalue weighted by Gasteiger charge is 2.25. The van der Waals surface area contributed by atoms with Crippen molar-refractivity contribution in [1.82, 2.24) is 4.98 Å². The molecule has 0 unspecified atom stereocenters. The van der Waals surface area contributed by atoms with Crippen molar-refractivity contribution in [2.24, 2.45) is 0 Å². The van der Waals surface area contributed by atoms with Crippen LogP contribution in [0.3, 0.4) is 0 Å². The summed E-state index contributed by atoms with van der Waals surface area (Å²) >= 11 is 1.24. The Morgan fingerprint density at radius 3 is 2.56 bits per heavy atom. The molecule has 1 aliphatic heterocycles. The predicted molar refractivity (Wildman–Crippen MR) is 69.1 cm³/mol. The van der Waals surface area contributed by atoms with E-state index in [1.54, 1.807) is 6.92 Å². The molecule has 2 rings (SSSR count). The molecule has 0 aromatic carbocycles. The number of esters is 1. The average Bonchev–Trinajstić information content (AvgIpc) is 2.70. The number of anilines is 1. The van der Waals surface area contributed by atoms with Gasteiger partial charge in [-0.1, -0.05) is 11.3 Å². The van der Waals surface area contributed by atoms with Crippen LogP contribution < -0.4 is 4.90 Å². The number of methoxy groups -OCH3 is 1. The normalized spacial score (nSPS) is 18.7. The Kier molecular flexibility index (Phi) is 3.58. The third-order valence-corrected chi connectivity index (χ3v) is 5.58. The Labute approximate surface area is 110 Å². The van der Waals surface area contributed by atoms with Crippen LogP contribution in [-0.4, -0.2) is 51.1 Å². The van der Waals surface area contributed by atoms with Gasteiger partial charge in [-0.15, -0.1) is 0 Å². The van der Waals surface area contributed by atoms with Crippen molar-refractivity contribution < 1.29 is 17.9 Å². The van der Waals surface area contributed by atoms with Crippen molar-refractivity contribution in [3.05, 3.63) is 10.6 Å². The summed E-state index contributed by atoms with van der Waals surface area (Å²) in [5, 5.41) is 0.683. The fourth-order valence-corrected chi connectivity index (χ4v) is 3.94. The summed E-state index contributed by atoms with van der Waals surface area (Å²) < 4.78 is 27.3. The first-order valence-corrected chi connectivity index (χ1v) is 8.08. The molecular weight excluding hydrogens is 276 g/mol. The van der Waals surface area contributed by atoms with Gasteiger partial charge in [0.2, 0.25) is 0 Å². The molecule has 0 bridgehead atoms. The van der Waals surface area contributed by atoms with Crippen molar-refractivity contribution in [1.29, 1.82) is 0 Å². The standard InChI is InChI=1S/C10H14N2O4S2/c1-7-8(9(13)16-2)17-10(11-7)12-3-5-18(14,15)6-4-12/h3-6H2,1-2H3. The van der Waals surface area contributed by atoms with E-state index in [4.69, 9.17) is 0 Å². The number of sulfone groups is 1. The molecule has 1 aromatic rings. The second-order valence-electron chi connectivity index (χ2n) is 4.04. The molecule has 0 saturated carbocycles. The number of rotatable bonds is 2. The molecule has 1 fully saturated rings. The Morgan fingerprint density at radius 1 is 1.39 bits per heavy atom. The molecule has 2 heterocycles.